The summed E-state index contributed by atoms with van der Waals surface area (Å²) in [5.74, 6) is 0. The van der Waals surface area contributed by atoms with E-state index in [-0.39, 0.29) is 0 Å². The Morgan fingerprint density at radius 1 is 1.45 bits per heavy atom. The SMILES string of the molecule is C=Cc1cccc(SC)c1C. The highest BCUT2D eigenvalue weighted by atomic mass is 32.2. The van der Waals surface area contributed by atoms with Gasteiger partial charge >= 0.3 is 0 Å². The van der Waals surface area contributed by atoms with Crippen LogP contribution in [0.15, 0.2) is 29.7 Å². The molecule has 0 atom stereocenters. The lowest BCUT2D eigenvalue weighted by Gasteiger charge is -2.04. The van der Waals surface area contributed by atoms with Crippen molar-refractivity contribution in [2.75, 3.05) is 6.26 Å². The van der Waals surface area contributed by atoms with Gasteiger partial charge in [0.05, 0.1) is 0 Å². The van der Waals surface area contributed by atoms with Gasteiger partial charge in [-0.05, 0) is 30.4 Å². The predicted molar refractivity (Wildman–Crippen MR) is 53.1 cm³/mol. The molecule has 1 heteroatoms. The fourth-order valence-corrected chi connectivity index (χ4v) is 1.71. The van der Waals surface area contributed by atoms with Crippen molar-refractivity contribution in [3.05, 3.63) is 35.9 Å². The Morgan fingerprint density at radius 2 is 2.18 bits per heavy atom. The zero-order chi connectivity index (χ0) is 8.27. The van der Waals surface area contributed by atoms with E-state index in [0.29, 0.717) is 0 Å². The fraction of sp³-hybridized carbons (Fsp3) is 0.200. The van der Waals surface area contributed by atoms with Crippen molar-refractivity contribution in [3.8, 4) is 0 Å². The molecule has 0 aliphatic heterocycles. The highest BCUT2D eigenvalue weighted by molar-refractivity contribution is 7.98. The van der Waals surface area contributed by atoms with Gasteiger partial charge in [0, 0.05) is 4.90 Å². The van der Waals surface area contributed by atoms with Crippen LogP contribution in [-0.4, -0.2) is 6.26 Å². The molecule has 0 saturated carbocycles. The van der Waals surface area contributed by atoms with Gasteiger partial charge in [0.15, 0.2) is 0 Å². The van der Waals surface area contributed by atoms with Gasteiger partial charge in [-0.25, -0.2) is 0 Å². The molecule has 0 bridgehead atoms. The third kappa shape index (κ3) is 1.66. The molecule has 1 aromatic rings. The third-order valence-corrected chi connectivity index (χ3v) is 2.65. The van der Waals surface area contributed by atoms with Crippen molar-refractivity contribution >= 4 is 17.8 Å². The molecule has 0 spiro atoms. The lowest BCUT2D eigenvalue weighted by molar-refractivity contribution is 1.29. The summed E-state index contributed by atoms with van der Waals surface area (Å²) in [6.07, 6.45) is 3.99. The van der Waals surface area contributed by atoms with Gasteiger partial charge in [-0.3, -0.25) is 0 Å². The van der Waals surface area contributed by atoms with Crippen molar-refractivity contribution in [1.29, 1.82) is 0 Å². The second kappa shape index (κ2) is 3.63. The monoisotopic (exact) mass is 164 g/mol. The van der Waals surface area contributed by atoms with E-state index < -0.39 is 0 Å². The van der Waals surface area contributed by atoms with Crippen LogP contribution < -0.4 is 0 Å². The molecule has 0 saturated heterocycles. The first-order valence-corrected chi connectivity index (χ1v) is 4.78. The molecule has 0 radical (unpaired) electrons. The first-order chi connectivity index (χ1) is 5.29. The molecule has 11 heavy (non-hydrogen) atoms. The molecule has 1 rings (SSSR count). The highest BCUT2D eigenvalue weighted by Gasteiger charge is 1.97. The van der Waals surface area contributed by atoms with Crippen LogP contribution in [0, 0.1) is 6.92 Å². The summed E-state index contributed by atoms with van der Waals surface area (Å²) in [6.45, 7) is 5.89. The van der Waals surface area contributed by atoms with Crippen molar-refractivity contribution in [1.82, 2.24) is 0 Å². The Morgan fingerprint density at radius 3 is 2.73 bits per heavy atom. The maximum absolute atomic E-state index is 3.76. The molecule has 0 nitrogen and oxygen atoms in total. The van der Waals surface area contributed by atoms with E-state index in [2.05, 4.69) is 38.0 Å². The van der Waals surface area contributed by atoms with Crippen LogP contribution in [0.5, 0.6) is 0 Å². The minimum atomic E-state index is 1.23. The molecule has 0 N–H and O–H groups in total. The van der Waals surface area contributed by atoms with Gasteiger partial charge in [0.25, 0.3) is 0 Å². The zero-order valence-electron chi connectivity index (χ0n) is 6.92. The van der Waals surface area contributed by atoms with Crippen molar-refractivity contribution in [2.24, 2.45) is 0 Å². The van der Waals surface area contributed by atoms with Gasteiger partial charge in [0.1, 0.15) is 0 Å². The molecule has 1 aromatic carbocycles. The van der Waals surface area contributed by atoms with E-state index in [4.69, 9.17) is 0 Å². The molecule has 58 valence electrons. The quantitative estimate of drug-likeness (QED) is 0.604. The van der Waals surface area contributed by atoms with Crippen LogP contribution >= 0.6 is 11.8 Å². The standard InChI is InChI=1S/C10H12S/c1-4-9-6-5-7-10(11-3)8(9)2/h4-7H,1H2,2-3H3. The molecular weight excluding hydrogens is 152 g/mol. The van der Waals surface area contributed by atoms with Gasteiger partial charge in [-0.2, -0.15) is 0 Å². The van der Waals surface area contributed by atoms with E-state index in [1.165, 1.54) is 16.0 Å². The molecule has 0 fully saturated rings. The Hall–Kier alpha value is -0.690. The van der Waals surface area contributed by atoms with Crippen LogP contribution in [0.4, 0.5) is 0 Å². The van der Waals surface area contributed by atoms with E-state index >= 15 is 0 Å². The van der Waals surface area contributed by atoms with Crippen LogP contribution in [0.2, 0.25) is 0 Å². The van der Waals surface area contributed by atoms with Gasteiger partial charge in [-0.15, -0.1) is 11.8 Å². The second-order valence-corrected chi connectivity index (χ2v) is 3.23. The normalized spacial score (nSPS) is 9.64. The molecule has 0 unspecified atom stereocenters. The maximum atomic E-state index is 3.76. The van der Waals surface area contributed by atoms with Crippen LogP contribution in [0.3, 0.4) is 0 Å². The maximum Gasteiger partial charge on any atom is 0.0104 e. The smallest absolute Gasteiger partial charge is 0.0104 e. The van der Waals surface area contributed by atoms with Crippen LogP contribution in [-0.2, 0) is 0 Å². The predicted octanol–water partition coefficient (Wildman–Crippen LogP) is 3.36. The summed E-state index contributed by atoms with van der Waals surface area (Å²) >= 11 is 1.78. The summed E-state index contributed by atoms with van der Waals surface area (Å²) < 4.78 is 0. The van der Waals surface area contributed by atoms with Gasteiger partial charge in [-0.1, -0.05) is 24.8 Å². The zero-order valence-corrected chi connectivity index (χ0v) is 7.74. The topological polar surface area (TPSA) is 0 Å². The number of rotatable bonds is 2. The molecule has 0 aromatic heterocycles. The Labute approximate surface area is 72.3 Å². The minimum absolute atomic E-state index is 1.23. The number of hydrogen-bond acceptors (Lipinski definition) is 1. The Balaban J connectivity index is 3.20. The van der Waals surface area contributed by atoms with Crippen LogP contribution in [0.1, 0.15) is 11.1 Å². The van der Waals surface area contributed by atoms with Gasteiger partial charge in [0.2, 0.25) is 0 Å². The fourth-order valence-electron chi connectivity index (χ4n) is 1.07. The average Bonchev–Trinajstić information content (AvgIpc) is 2.05. The Bertz CT molecular complexity index is 264. The number of thioether (sulfide) groups is 1. The molecule has 0 heterocycles. The minimum Gasteiger partial charge on any atom is -0.129 e. The van der Waals surface area contributed by atoms with Gasteiger partial charge < -0.3 is 0 Å². The summed E-state index contributed by atoms with van der Waals surface area (Å²) in [5.41, 5.74) is 2.56. The summed E-state index contributed by atoms with van der Waals surface area (Å²) in [4.78, 5) is 1.34. The lowest BCUT2D eigenvalue weighted by Crippen LogP contribution is -1.82. The first kappa shape index (κ1) is 8.41. The van der Waals surface area contributed by atoms with Crippen molar-refractivity contribution in [3.63, 3.8) is 0 Å². The lowest BCUT2D eigenvalue weighted by atomic mass is 10.1. The van der Waals surface area contributed by atoms with E-state index in [1.54, 1.807) is 11.8 Å². The third-order valence-electron chi connectivity index (χ3n) is 1.77. The molecule has 0 aliphatic rings. The van der Waals surface area contributed by atoms with E-state index in [9.17, 15) is 0 Å². The number of benzene rings is 1. The molecular formula is C10H12S. The highest BCUT2D eigenvalue weighted by Crippen LogP contribution is 2.22. The average molecular weight is 164 g/mol. The van der Waals surface area contributed by atoms with E-state index in [0.717, 1.165) is 0 Å². The number of hydrogen-bond donors (Lipinski definition) is 0. The van der Waals surface area contributed by atoms with E-state index in [1.807, 2.05) is 6.08 Å². The summed E-state index contributed by atoms with van der Waals surface area (Å²) in [7, 11) is 0. The molecule has 0 aliphatic carbocycles. The Kier molecular flexibility index (Phi) is 2.77. The van der Waals surface area contributed by atoms with Crippen molar-refractivity contribution in [2.45, 2.75) is 11.8 Å². The van der Waals surface area contributed by atoms with Crippen LogP contribution in [0.25, 0.3) is 6.08 Å². The summed E-state index contributed by atoms with van der Waals surface area (Å²) in [5, 5.41) is 0. The summed E-state index contributed by atoms with van der Waals surface area (Å²) in [6, 6.07) is 6.28. The van der Waals surface area contributed by atoms with Crippen molar-refractivity contribution < 1.29 is 0 Å². The first-order valence-electron chi connectivity index (χ1n) is 3.55. The molecule has 0 amide bonds. The largest absolute Gasteiger partial charge is 0.129 e. The second-order valence-electron chi connectivity index (χ2n) is 2.38.